The van der Waals surface area contributed by atoms with Crippen molar-refractivity contribution in [3.63, 3.8) is 0 Å². The van der Waals surface area contributed by atoms with Gasteiger partial charge in [0.05, 0.1) is 0 Å². The Balaban J connectivity index is 1.44. The predicted octanol–water partition coefficient (Wildman–Crippen LogP) is 2.50. The smallest absolute Gasteiger partial charge is 0.0110 e. The summed E-state index contributed by atoms with van der Waals surface area (Å²) in [5.41, 5.74) is 0.557. The van der Waals surface area contributed by atoms with Gasteiger partial charge in [0.15, 0.2) is 0 Å². The molecule has 1 aliphatic heterocycles. The average Bonchev–Trinajstić information content (AvgIpc) is 3.09. The van der Waals surface area contributed by atoms with Gasteiger partial charge in [0.2, 0.25) is 0 Å². The van der Waals surface area contributed by atoms with Crippen molar-refractivity contribution in [3.8, 4) is 0 Å². The Morgan fingerprint density at radius 2 is 1.56 bits per heavy atom. The molecule has 0 bridgehead atoms. The summed E-state index contributed by atoms with van der Waals surface area (Å²) in [7, 11) is 0. The van der Waals surface area contributed by atoms with E-state index in [0.717, 1.165) is 11.7 Å². The van der Waals surface area contributed by atoms with Gasteiger partial charge in [-0.3, -0.25) is 0 Å². The van der Waals surface area contributed by atoms with Gasteiger partial charge >= 0.3 is 0 Å². The van der Waals surface area contributed by atoms with Crippen LogP contribution < -0.4 is 0 Å². The highest BCUT2D eigenvalue weighted by Crippen LogP contribution is 2.40. The second kappa shape index (κ2) is 5.72. The summed E-state index contributed by atoms with van der Waals surface area (Å²) in [6.07, 6.45) is 8.67. The van der Waals surface area contributed by atoms with Gasteiger partial charge < -0.3 is 9.80 Å². The van der Waals surface area contributed by atoms with E-state index in [9.17, 15) is 0 Å². The fourth-order valence-electron chi connectivity index (χ4n) is 3.76. The zero-order valence-electron chi connectivity index (χ0n) is 11.6. The molecule has 2 saturated carbocycles. The molecule has 0 radical (unpaired) electrons. The van der Waals surface area contributed by atoms with Crippen molar-refractivity contribution < 1.29 is 0 Å². The number of piperazine rings is 1. The average molecular weight is 268 g/mol. The summed E-state index contributed by atoms with van der Waals surface area (Å²) >= 11 is 4.64. The van der Waals surface area contributed by atoms with Gasteiger partial charge in [0, 0.05) is 39.3 Å². The van der Waals surface area contributed by atoms with Crippen LogP contribution in [0.4, 0.5) is 0 Å². The van der Waals surface area contributed by atoms with Crippen LogP contribution in [-0.4, -0.2) is 54.8 Å². The topological polar surface area (TPSA) is 6.48 Å². The van der Waals surface area contributed by atoms with Crippen LogP contribution in [0.2, 0.25) is 0 Å². The third-order valence-corrected chi connectivity index (χ3v) is 5.91. The lowest BCUT2D eigenvalue weighted by molar-refractivity contribution is 0.0921. The summed E-state index contributed by atoms with van der Waals surface area (Å²) in [5, 5.41) is 0. The van der Waals surface area contributed by atoms with Gasteiger partial charge in [0.1, 0.15) is 0 Å². The molecule has 0 atom stereocenters. The SMILES string of the molecule is SCC1(CN2CCN(CC3CC3)CC2)CCCC1. The molecule has 1 saturated heterocycles. The fourth-order valence-corrected chi connectivity index (χ4v) is 4.18. The van der Waals surface area contributed by atoms with Crippen LogP contribution in [0.3, 0.4) is 0 Å². The van der Waals surface area contributed by atoms with E-state index in [1.165, 1.54) is 77.8 Å². The number of hydrogen-bond donors (Lipinski definition) is 1. The first-order chi connectivity index (χ1) is 8.80. The maximum atomic E-state index is 4.64. The molecule has 0 unspecified atom stereocenters. The Morgan fingerprint density at radius 3 is 2.11 bits per heavy atom. The zero-order valence-corrected chi connectivity index (χ0v) is 12.5. The first-order valence-electron chi connectivity index (χ1n) is 7.85. The number of hydrogen-bond acceptors (Lipinski definition) is 3. The molecule has 3 rings (SSSR count). The molecule has 0 amide bonds. The van der Waals surface area contributed by atoms with Gasteiger partial charge in [-0.1, -0.05) is 12.8 Å². The van der Waals surface area contributed by atoms with Crippen molar-refractivity contribution in [2.24, 2.45) is 11.3 Å². The minimum absolute atomic E-state index is 0.557. The molecular weight excluding hydrogens is 240 g/mol. The largest absolute Gasteiger partial charge is 0.301 e. The minimum atomic E-state index is 0.557. The Kier molecular flexibility index (Phi) is 4.21. The third-order valence-electron chi connectivity index (χ3n) is 5.24. The summed E-state index contributed by atoms with van der Waals surface area (Å²) in [4.78, 5) is 5.40. The van der Waals surface area contributed by atoms with E-state index in [1.807, 2.05) is 0 Å². The standard InChI is InChI=1S/C15H28N2S/c18-13-15(5-1-2-6-15)12-17-9-7-16(8-10-17)11-14-3-4-14/h14,18H,1-13H2. The van der Waals surface area contributed by atoms with Gasteiger partial charge in [-0.05, 0) is 42.8 Å². The second-order valence-electron chi connectivity index (χ2n) is 6.89. The molecule has 3 heteroatoms. The maximum Gasteiger partial charge on any atom is 0.0110 e. The van der Waals surface area contributed by atoms with Crippen LogP contribution in [0.5, 0.6) is 0 Å². The van der Waals surface area contributed by atoms with Crippen molar-refractivity contribution in [3.05, 3.63) is 0 Å². The van der Waals surface area contributed by atoms with E-state index < -0.39 is 0 Å². The molecule has 2 nitrogen and oxygen atoms in total. The summed E-state index contributed by atoms with van der Waals surface area (Å²) < 4.78 is 0. The van der Waals surface area contributed by atoms with Crippen molar-refractivity contribution in [2.45, 2.75) is 38.5 Å². The van der Waals surface area contributed by atoms with E-state index in [0.29, 0.717) is 5.41 Å². The van der Waals surface area contributed by atoms with Crippen LogP contribution in [-0.2, 0) is 0 Å². The van der Waals surface area contributed by atoms with Crippen LogP contribution in [0.1, 0.15) is 38.5 Å². The lowest BCUT2D eigenvalue weighted by Gasteiger charge is -2.40. The Morgan fingerprint density at radius 1 is 0.944 bits per heavy atom. The van der Waals surface area contributed by atoms with E-state index in [4.69, 9.17) is 0 Å². The van der Waals surface area contributed by atoms with Gasteiger partial charge in [-0.25, -0.2) is 0 Å². The Hall–Kier alpha value is 0.270. The molecule has 0 aromatic heterocycles. The maximum absolute atomic E-state index is 4.64. The molecule has 3 fully saturated rings. The van der Waals surface area contributed by atoms with Gasteiger partial charge in [-0.2, -0.15) is 12.6 Å². The molecule has 0 aromatic rings. The van der Waals surface area contributed by atoms with E-state index in [-0.39, 0.29) is 0 Å². The van der Waals surface area contributed by atoms with Crippen molar-refractivity contribution in [1.29, 1.82) is 0 Å². The number of thiol groups is 1. The second-order valence-corrected chi connectivity index (χ2v) is 7.20. The van der Waals surface area contributed by atoms with Gasteiger partial charge in [-0.15, -0.1) is 0 Å². The normalized spacial score (nSPS) is 29.8. The first kappa shape index (κ1) is 13.3. The van der Waals surface area contributed by atoms with Crippen molar-refractivity contribution >= 4 is 12.6 Å². The van der Waals surface area contributed by atoms with Crippen LogP contribution in [0.15, 0.2) is 0 Å². The molecule has 3 aliphatic rings. The quantitative estimate of drug-likeness (QED) is 0.766. The lowest BCUT2D eigenvalue weighted by Crippen LogP contribution is -2.50. The molecule has 2 aliphatic carbocycles. The summed E-state index contributed by atoms with van der Waals surface area (Å²) in [6.45, 7) is 7.89. The number of rotatable bonds is 5. The molecule has 18 heavy (non-hydrogen) atoms. The monoisotopic (exact) mass is 268 g/mol. The van der Waals surface area contributed by atoms with Crippen molar-refractivity contribution in [2.75, 3.05) is 45.0 Å². The first-order valence-corrected chi connectivity index (χ1v) is 8.49. The molecule has 0 N–H and O–H groups in total. The Labute approximate surface area is 118 Å². The Bertz CT molecular complexity index is 264. The van der Waals surface area contributed by atoms with E-state index >= 15 is 0 Å². The highest BCUT2D eigenvalue weighted by Gasteiger charge is 2.35. The van der Waals surface area contributed by atoms with Crippen LogP contribution >= 0.6 is 12.6 Å². The van der Waals surface area contributed by atoms with Gasteiger partial charge in [0.25, 0.3) is 0 Å². The van der Waals surface area contributed by atoms with E-state index in [2.05, 4.69) is 22.4 Å². The predicted molar refractivity (Wildman–Crippen MR) is 80.4 cm³/mol. The fraction of sp³-hybridized carbons (Fsp3) is 1.00. The highest BCUT2D eigenvalue weighted by atomic mass is 32.1. The molecule has 0 aromatic carbocycles. The van der Waals surface area contributed by atoms with Crippen molar-refractivity contribution in [1.82, 2.24) is 9.80 Å². The summed E-state index contributed by atoms with van der Waals surface area (Å²) in [5.74, 6) is 2.14. The molecule has 104 valence electrons. The number of nitrogens with zero attached hydrogens (tertiary/aromatic N) is 2. The lowest BCUT2D eigenvalue weighted by atomic mass is 9.87. The molecular formula is C15H28N2S. The molecule has 1 heterocycles. The molecule has 0 spiro atoms. The zero-order chi connectivity index (χ0) is 12.4. The van der Waals surface area contributed by atoms with E-state index in [1.54, 1.807) is 0 Å². The van der Waals surface area contributed by atoms with Crippen LogP contribution in [0, 0.1) is 11.3 Å². The van der Waals surface area contributed by atoms with Crippen LogP contribution in [0.25, 0.3) is 0 Å². The summed E-state index contributed by atoms with van der Waals surface area (Å²) in [6, 6.07) is 0. The minimum Gasteiger partial charge on any atom is -0.301 e. The third kappa shape index (κ3) is 3.23. The highest BCUT2D eigenvalue weighted by molar-refractivity contribution is 7.80.